The SMILES string of the molecule is O=C(Cc1csc(-c2ccc(C(F)(F)F)cc2)n1)N(Cc1ccncc1)C1CC1. The number of nitrogens with zero attached hydrogens (tertiary/aromatic N) is 3. The molecule has 8 heteroatoms. The predicted molar refractivity (Wildman–Crippen MR) is 104 cm³/mol. The van der Waals surface area contributed by atoms with Crippen LogP contribution in [-0.2, 0) is 23.9 Å². The molecule has 0 radical (unpaired) electrons. The number of hydrogen-bond donors (Lipinski definition) is 0. The zero-order valence-corrected chi connectivity index (χ0v) is 16.2. The number of hydrogen-bond acceptors (Lipinski definition) is 4. The van der Waals surface area contributed by atoms with E-state index in [4.69, 9.17) is 0 Å². The number of halogens is 3. The standard InChI is InChI=1S/C21H18F3N3OS/c22-21(23,24)16-3-1-15(2-4-16)20-26-17(13-29-20)11-19(28)27(18-5-6-18)12-14-7-9-25-10-8-14/h1-4,7-10,13,18H,5-6,11-12H2. The number of amides is 1. The third kappa shape index (κ3) is 4.82. The minimum Gasteiger partial charge on any atom is -0.335 e. The molecule has 1 fully saturated rings. The third-order valence-corrected chi connectivity index (χ3v) is 5.69. The van der Waals surface area contributed by atoms with Crippen molar-refractivity contribution < 1.29 is 18.0 Å². The molecule has 1 aliphatic carbocycles. The fraction of sp³-hybridized carbons (Fsp3) is 0.286. The lowest BCUT2D eigenvalue weighted by Crippen LogP contribution is -2.33. The summed E-state index contributed by atoms with van der Waals surface area (Å²) in [5.74, 6) is 0.00795. The highest BCUT2D eigenvalue weighted by molar-refractivity contribution is 7.13. The van der Waals surface area contributed by atoms with Crippen molar-refractivity contribution >= 4 is 17.2 Å². The second kappa shape index (κ2) is 7.94. The Labute approximate surface area is 170 Å². The number of aromatic nitrogens is 2. The number of benzene rings is 1. The molecule has 29 heavy (non-hydrogen) atoms. The molecular formula is C21H18F3N3OS. The molecule has 4 nitrogen and oxygen atoms in total. The zero-order valence-electron chi connectivity index (χ0n) is 15.4. The lowest BCUT2D eigenvalue weighted by molar-refractivity contribution is -0.137. The maximum absolute atomic E-state index is 12.8. The van der Waals surface area contributed by atoms with Crippen LogP contribution in [0.1, 0.15) is 29.7 Å². The van der Waals surface area contributed by atoms with E-state index < -0.39 is 11.7 Å². The van der Waals surface area contributed by atoms with E-state index in [0.29, 0.717) is 22.8 Å². The molecule has 2 aromatic heterocycles. The van der Waals surface area contributed by atoms with Gasteiger partial charge in [0.15, 0.2) is 0 Å². The number of carbonyl (C=O) groups excluding carboxylic acids is 1. The molecule has 1 saturated carbocycles. The van der Waals surface area contributed by atoms with Crippen molar-refractivity contribution in [2.24, 2.45) is 0 Å². The third-order valence-electron chi connectivity index (χ3n) is 4.75. The fourth-order valence-electron chi connectivity index (χ4n) is 3.07. The molecule has 0 bridgehead atoms. The van der Waals surface area contributed by atoms with Crippen molar-refractivity contribution in [1.82, 2.24) is 14.9 Å². The van der Waals surface area contributed by atoms with Crippen molar-refractivity contribution in [2.45, 2.75) is 38.0 Å². The summed E-state index contributed by atoms with van der Waals surface area (Å²) in [6, 6.07) is 8.97. The lowest BCUT2D eigenvalue weighted by Gasteiger charge is -2.22. The van der Waals surface area contributed by atoms with Crippen molar-refractivity contribution in [3.8, 4) is 10.6 Å². The van der Waals surface area contributed by atoms with Gasteiger partial charge in [-0.2, -0.15) is 13.2 Å². The van der Waals surface area contributed by atoms with Crippen LogP contribution in [-0.4, -0.2) is 26.8 Å². The van der Waals surface area contributed by atoms with E-state index in [1.807, 2.05) is 17.0 Å². The van der Waals surface area contributed by atoms with Crippen LogP contribution in [0.5, 0.6) is 0 Å². The number of pyridine rings is 1. The molecule has 1 amide bonds. The van der Waals surface area contributed by atoms with Gasteiger partial charge in [-0.3, -0.25) is 9.78 Å². The van der Waals surface area contributed by atoms with Gasteiger partial charge >= 0.3 is 6.18 Å². The molecule has 1 aromatic carbocycles. The minimum atomic E-state index is -4.36. The van der Waals surface area contributed by atoms with Crippen LogP contribution >= 0.6 is 11.3 Å². The largest absolute Gasteiger partial charge is 0.416 e. The molecule has 0 unspecified atom stereocenters. The van der Waals surface area contributed by atoms with Crippen LogP contribution in [0.25, 0.3) is 10.6 Å². The van der Waals surface area contributed by atoms with Gasteiger partial charge in [-0.15, -0.1) is 11.3 Å². The van der Waals surface area contributed by atoms with Gasteiger partial charge in [-0.05, 0) is 42.7 Å². The van der Waals surface area contributed by atoms with Crippen LogP contribution in [0, 0.1) is 0 Å². The summed E-state index contributed by atoms with van der Waals surface area (Å²) in [4.78, 5) is 23.2. The van der Waals surface area contributed by atoms with Gasteiger partial charge in [0.2, 0.25) is 5.91 Å². The molecule has 2 heterocycles. The molecule has 0 atom stereocenters. The second-order valence-electron chi connectivity index (χ2n) is 7.00. The van der Waals surface area contributed by atoms with Gasteiger partial charge in [-0.1, -0.05) is 12.1 Å². The highest BCUT2D eigenvalue weighted by Crippen LogP contribution is 2.32. The van der Waals surface area contributed by atoms with Gasteiger partial charge in [0.1, 0.15) is 5.01 Å². The first kappa shape index (κ1) is 19.6. The van der Waals surface area contributed by atoms with Gasteiger partial charge in [-0.25, -0.2) is 4.98 Å². The van der Waals surface area contributed by atoms with Crippen molar-refractivity contribution in [1.29, 1.82) is 0 Å². The molecule has 4 rings (SSSR count). The van der Waals surface area contributed by atoms with Crippen LogP contribution in [0.2, 0.25) is 0 Å². The summed E-state index contributed by atoms with van der Waals surface area (Å²) in [6.45, 7) is 0.544. The minimum absolute atomic E-state index is 0.00795. The van der Waals surface area contributed by atoms with E-state index in [1.165, 1.54) is 23.5 Å². The van der Waals surface area contributed by atoms with Gasteiger partial charge in [0.25, 0.3) is 0 Å². The van der Waals surface area contributed by atoms with E-state index >= 15 is 0 Å². The Balaban J connectivity index is 1.44. The van der Waals surface area contributed by atoms with E-state index in [2.05, 4.69) is 9.97 Å². The summed E-state index contributed by atoms with van der Waals surface area (Å²) >= 11 is 1.33. The first-order chi connectivity index (χ1) is 13.9. The van der Waals surface area contributed by atoms with E-state index in [9.17, 15) is 18.0 Å². The molecular weight excluding hydrogens is 399 g/mol. The van der Waals surface area contributed by atoms with Crippen LogP contribution in [0.4, 0.5) is 13.2 Å². The highest BCUT2D eigenvalue weighted by atomic mass is 32.1. The maximum Gasteiger partial charge on any atom is 0.416 e. The van der Waals surface area contributed by atoms with Crippen LogP contribution in [0.15, 0.2) is 54.2 Å². The smallest absolute Gasteiger partial charge is 0.335 e. The average molecular weight is 417 g/mol. The summed E-state index contributed by atoms with van der Waals surface area (Å²) in [7, 11) is 0. The second-order valence-corrected chi connectivity index (χ2v) is 7.86. The fourth-order valence-corrected chi connectivity index (χ4v) is 3.90. The molecule has 0 spiro atoms. The van der Waals surface area contributed by atoms with Crippen molar-refractivity contribution in [2.75, 3.05) is 0 Å². The van der Waals surface area contributed by atoms with Crippen LogP contribution in [0.3, 0.4) is 0 Å². The summed E-state index contributed by atoms with van der Waals surface area (Å²) in [5.41, 5.74) is 1.58. The Morgan fingerprint density at radius 2 is 1.79 bits per heavy atom. The monoisotopic (exact) mass is 417 g/mol. The average Bonchev–Trinajstić information content (AvgIpc) is 3.44. The Morgan fingerprint density at radius 3 is 2.41 bits per heavy atom. The molecule has 0 aliphatic heterocycles. The number of thiazole rings is 1. The Bertz CT molecular complexity index is 982. The number of alkyl halides is 3. The van der Waals surface area contributed by atoms with Crippen LogP contribution < -0.4 is 0 Å². The molecule has 0 N–H and O–H groups in total. The lowest BCUT2D eigenvalue weighted by atomic mass is 10.1. The molecule has 3 aromatic rings. The molecule has 150 valence electrons. The summed E-state index contributed by atoms with van der Waals surface area (Å²) in [5, 5.41) is 2.40. The number of rotatable bonds is 6. The normalized spacial score (nSPS) is 14.0. The first-order valence-electron chi connectivity index (χ1n) is 9.20. The summed E-state index contributed by atoms with van der Waals surface area (Å²) in [6.07, 6.45) is 1.25. The van der Waals surface area contributed by atoms with Gasteiger partial charge in [0.05, 0.1) is 17.7 Å². The first-order valence-corrected chi connectivity index (χ1v) is 10.1. The van der Waals surface area contributed by atoms with E-state index in [1.54, 1.807) is 17.8 Å². The quantitative estimate of drug-likeness (QED) is 0.570. The van der Waals surface area contributed by atoms with Crippen molar-refractivity contribution in [3.05, 3.63) is 71.0 Å². The molecule has 1 aliphatic rings. The van der Waals surface area contributed by atoms with E-state index in [0.717, 1.165) is 30.5 Å². The topological polar surface area (TPSA) is 46.1 Å². The zero-order chi connectivity index (χ0) is 20.4. The Kier molecular flexibility index (Phi) is 5.36. The maximum atomic E-state index is 12.8. The molecule has 0 saturated heterocycles. The Hall–Kier alpha value is -2.74. The van der Waals surface area contributed by atoms with E-state index in [-0.39, 0.29) is 18.4 Å². The van der Waals surface area contributed by atoms with Gasteiger partial charge in [0, 0.05) is 35.9 Å². The predicted octanol–water partition coefficient (Wildman–Crippen LogP) is 4.96. The van der Waals surface area contributed by atoms with Crippen molar-refractivity contribution in [3.63, 3.8) is 0 Å². The Morgan fingerprint density at radius 1 is 1.10 bits per heavy atom. The summed E-state index contributed by atoms with van der Waals surface area (Å²) < 4.78 is 38.1. The number of carbonyl (C=O) groups is 1. The highest BCUT2D eigenvalue weighted by Gasteiger charge is 2.33. The van der Waals surface area contributed by atoms with Gasteiger partial charge < -0.3 is 4.90 Å².